The van der Waals surface area contributed by atoms with E-state index in [1.54, 1.807) is 18.2 Å². The van der Waals surface area contributed by atoms with Crippen LogP contribution in [-0.2, 0) is 15.3 Å². The van der Waals surface area contributed by atoms with E-state index in [4.69, 9.17) is 4.74 Å². The van der Waals surface area contributed by atoms with E-state index in [9.17, 15) is 19.8 Å². The van der Waals surface area contributed by atoms with Gasteiger partial charge in [0.25, 0.3) is 0 Å². The second-order valence-corrected chi connectivity index (χ2v) is 6.26. The number of carbonyl (C=O) groups is 2. The van der Waals surface area contributed by atoms with Crippen LogP contribution in [0.15, 0.2) is 35.5 Å². The van der Waals surface area contributed by atoms with Gasteiger partial charge in [0, 0.05) is 16.8 Å². The SMILES string of the molecule is CCCCCOC(=O)C1=C(C)N[C@@]2(O)c3ccccc3C(=O)[C@@]12O. The molecule has 3 N–H and O–H groups in total. The Morgan fingerprint density at radius 3 is 2.67 bits per heavy atom. The number of rotatable bonds is 5. The molecule has 6 heteroatoms. The molecule has 2 aliphatic rings. The summed E-state index contributed by atoms with van der Waals surface area (Å²) < 4.78 is 5.20. The molecule has 0 radical (unpaired) electrons. The second-order valence-electron chi connectivity index (χ2n) is 6.26. The number of unbranched alkanes of at least 4 members (excludes halogenated alkanes) is 2. The molecule has 128 valence electrons. The quantitative estimate of drug-likeness (QED) is 0.557. The van der Waals surface area contributed by atoms with E-state index in [0.29, 0.717) is 6.42 Å². The number of allylic oxidation sites excluding steroid dienone is 1. The standard InChI is InChI=1S/C18H21NO5/c1-3-4-7-10-24-16(21)14-11(2)19-18(23)13-9-6-5-8-12(13)15(20)17(14,18)22/h5-6,8-9,19,22-23H,3-4,7,10H2,1-2H3/t17-,18+/m0/s1. The zero-order valence-corrected chi connectivity index (χ0v) is 13.8. The first-order chi connectivity index (χ1) is 11.4. The monoisotopic (exact) mass is 331 g/mol. The van der Waals surface area contributed by atoms with Gasteiger partial charge in [0.1, 0.15) is 5.57 Å². The first-order valence-electron chi connectivity index (χ1n) is 8.13. The molecule has 0 saturated heterocycles. The predicted molar refractivity (Wildman–Crippen MR) is 85.9 cm³/mol. The summed E-state index contributed by atoms with van der Waals surface area (Å²) in [6.45, 7) is 3.78. The van der Waals surface area contributed by atoms with E-state index in [1.807, 2.05) is 6.92 Å². The van der Waals surface area contributed by atoms with Gasteiger partial charge in [-0.25, -0.2) is 4.79 Å². The molecule has 0 fully saturated rings. The lowest BCUT2D eigenvalue weighted by atomic mass is 9.85. The van der Waals surface area contributed by atoms with Crippen molar-refractivity contribution in [3.8, 4) is 0 Å². The fraction of sp³-hybridized carbons (Fsp3) is 0.444. The lowest BCUT2D eigenvalue weighted by Crippen LogP contribution is -2.56. The third-order valence-electron chi connectivity index (χ3n) is 4.70. The molecule has 0 unspecified atom stereocenters. The third-order valence-corrected chi connectivity index (χ3v) is 4.70. The van der Waals surface area contributed by atoms with Gasteiger partial charge in [0.15, 0.2) is 0 Å². The summed E-state index contributed by atoms with van der Waals surface area (Å²) in [5.41, 5.74) is -3.96. The molecule has 0 amide bonds. The van der Waals surface area contributed by atoms with Crippen molar-refractivity contribution in [1.82, 2.24) is 5.32 Å². The van der Waals surface area contributed by atoms with Gasteiger partial charge in [-0.15, -0.1) is 0 Å². The van der Waals surface area contributed by atoms with Crippen molar-refractivity contribution in [3.05, 3.63) is 46.7 Å². The summed E-state index contributed by atoms with van der Waals surface area (Å²) in [7, 11) is 0. The summed E-state index contributed by atoms with van der Waals surface area (Å²) >= 11 is 0. The molecule has 1 aliphatic carbocycles. The van der Waals surface area contributed by atoms with Crippen LogP contribution >= 0.6 is 0 Å². The van der Waals surface area contributed by atoms with E-state index >= 15 is 0 Å². The Balaban J connectivity index is 1.95. The maximum Gasteiger partial charge on any atom is 0.339 e. The molecule has 2 atom stereocenters. The summed E-state index contributed by atoms with van der Waals surface area (Å²) in [6, 6.07) is 6.38. The third kappa shape index (κ3) is 2.03. The van der Waals surface area contributed by atoms with Crippen LogP contribution in [0.25, 0.3) is 0 Å². The van der Waals surface area contributed by atoms with Gasteiger partial charge < -0.3 is 20.3 Å². The highest BCUT2D eigenvalue weighted by Crippen LogP contribution is 2.51. The number of ketones is 1. The number of Topliss-reactive ketones (excluding diaryl/α,β-unsaturated/α-hetero) is 1. The summed E-state index contributed by atoms with van der Waals surface area (Å²) in [5, 5.41) is 24.8. The van der Waals surface area contributed by atoms with Gasteiger partial charge in [-0.2, -0.15) is 0 Å². The van der Waals surface area contributed by atoms with Crippen molar-refractivity contribution in [3.63, 3.8) is 0 Å². The maximum atomic E-state index is 12.7. The minimum atomic E-state index is -2.37. The summed E-state index contributed by atoms with van der Waals surface area (Å²) in [5.74, 6) is -1.49. The Kier molecular flexibility index (Phi) is 3.97. The fourth-order valence-electron chi connectivity index (χ4n) is 3.50. The molecular weight excluding hydrogens is 310 g/mol. The topological polar surface area (TPSA) is 95.9 Å². The van der Waals surface area contributed by atoms with Crippen LogP contribution in [0.1, 0.15) is 49.0 Å². The van der Waals surface area contributed by atoms with E-state index < -0.39 is 23.1 Å². The maximum absolute atomic E-state index is 12.7. The minimum Gasteiger partial charge on any atom is -0.462 e. The normalized spacial score (nSPS) is 27.8. The van der Waals surface area contributed by atoms with Crippen molar-refractivity contribution in [1.29, 1.82) is 0 Å². The van der Waals surface area contributed by atoms with Crippen LogP contribution in [0.5, 0.6) is 0 Å². The molecule has 0 saturated carbocycles. The smallest absolute Gasteiger partial charge is 0.339 e. The van der Waals surface area contributed by atoms with Crippen LogP contribution < -0.4 is 5.32 Å². The zero-order chi connectivity index (χ0) is 17.5. The molecule has 1 aliphatic heterocycles. The number of hydrogen-bond donors (Lipinski definition) is 3. The molecule has 24 heavy (non-hydrogen) atoms. The minimum absolute atomic E-state index is 0.193. The van der Waals surface area contributed by atoms with Crippen molar-refractivity contribution < 1.29 is 24.5 Å². The van der Waals surface area contributed by atoms with Crippen molar-refractivity contribution in [2.45, 2.75) is 44.4 Å². The molecule has 1 aromatic carbocycles. The van der Waals surface area contributed by atoms with Crippen LogP contribution in [0.3, 0.4) is 0 Å². The van der Waals surface area contributed by atoms with Gasteiger partial charge in [0.05, 0.1) is 6.61 Å². The van der Waals surface area contributed by atoms with Gasteiger partial charge >= 0.3 is 5.97 Å². The Morgan fingerprint density at radius 1 is 1.25 bits per heavy atom. The number of hydrogen-bond acceptors (Lipinski definition) is 6. The van der Waals surface area contributed by atoms with E-state index in [1.165, 1.54) is 13.0 Å². The first-order valence-corrected chi connectivity index (χ1v) is 8.13. The molecule has 6 nitrogen and oxygen atoms in total. The average Bonchev–Trinajstić information content (AvgIpc) is 2.87. The van der Waals surface area contributed by atoms with Crippen LogP contribution in [0, 0.1) is 0 Å². The zero-order valence-electron chi connectivity index (χ0n) is 13.8. The van der Waals surface area contributed by atoms with Crippen molar-refractivity contribution >= 4 is 11.8 Å². The number of nitrogens with one attached hydrogen (secondary N) is 1. The lowest BCUT2D eigenvalue weighted by Gasteiger charge is -2.31. The Labute approximate surface area is 140 Å². The van der Waals surface area contributed by atoms with Crippen molar-refractivity contribution in [2.24, 2.45) is 0 Å². The average molecular weight is 331 g/mol. The largest absolute Gasteiger partial charge is 0.462 e. The van der Waals surface area contributed by atoms with E-state index in [2.05, 4.69) is 5.32 Å². The first kappa shape index (κ1) is 16.7. The highest BCUT2D eigenvalue weighted by atomic mass is 16.5. The number of ether oxygens (including phenoxy) is 1. The second kappa shape index (κ2) is 5.72. The van der Waals surface area contributed by atoms with Crippen LogP contribution in [0.2, 0.25) is 0 Å². The Hall–Kier alpha value is -2.18. The molecular formula is C18H21NO5. The highest BCUT2D eigenvalue weighted by molar-refractivity contribution is 6.16. The molecule has 0 spiro atoms. The number of esters is 1. The van der Waals surface area contributed by atoms with Gasteiger partial charge in [-0.1, -0.05) is 44.0 Å². The molecule has 3 rings (SSSR count). The summed E-state index contributed by atoms with van der Waals surface area (Å²) in [4.78, 5) is 25.2. The summed E-state index contributed by atoms with van der Waals surface area (Å²) in [6.07, 6.45) is 2.61. The van der Waals surface area contributed by atoms with Gasteiger partial charge in [0.2, 0.25) is 17.1 Å². The van der Waals surface area contributed by atoms with Crippen LogP contribution in [-0.4, -0.2) is 34.2 Å². The van der Waals surface area contributed by atoms with Crippen LogP contribution in [0.4, 0.5) is 0 Å². The van der Waals surface area contributed by atoms with E-state index in [0.717, 1.165) is 12.8 Å². The van der Waals surface area contributed by atoms with Gasteiger partial charge in [-0.05, 0) is 13.3 Å². The fourth-order valence-corrected chi connectivity index (χ4v) is 3.50. The number of benzene rings is 1. The molecule has 1 heterocycles. The predicted octanol–water partition coefficient (Wildman–Crippen LogP) is 1.37. The lowest BCUT2D eigenvalue weighted by molar-refractivity contribution is -0.147. The van der Waals surface area contributed by atoms with Gasteiger partial charge in [-0.3, -0.25) is 4.79 Å². The van der Waals surface area contributed by atoms with Crippen molar-refractivity contribution in [2.75, 3.05) is 6.61 Å². The highest BCUT2D eigenvalue weighted by Gasteiger charge is 2.70. The molecule has 1 aromatic rings. The molecule has 0 aromatic heterocycles. The number of aliphatic hydroxyl groups is 2. The number of fused-ring (bicyclic) bond motifs is 3. The van der Waals surface area contributed by atoms with E-state index in [-0.39, 0.29) is 29.0 Å². The Morgan fingerprint density at radius 2 is 1.96 bits per heavy atom. The molecule has 0 bridgehead atoms. The Bertz CT molecular complexity index is 741. The number of carbonyl (C=O) groups excluding carboxylic acids is 2.